The van der Waals surface area contributed by atoms with Crippen molar-refractivity contribution in [2.24, 2.45) is 10.2 Å². The highest BCUT2D eigenvalue weighted by Gasteiger charge is 2.22. The van der Waals surface area contributed by atoms with Crippen molar-refractivity contribution in [3.05, 3.63) is 81.8 Å². The molecule has 0 aromatic heterocycles. The number of nitrogens with zero attached hydrogens (tertiary/aromatic N) is 2. The number of phenolic OH excluding ortho intramolecular Hbond substituents is 1. The summed E-state index contributed by atoms with van der Waals surface area (Å²) in [7, 11) is -3.20. The number of rotatable bonds is 6. The number of carbonyl (C=O) groups is 1. The number of azo groups is 1. The fourth-order valence-corrected chi connectivity index (χ4v) is 5.00. The maximum atomic E-state index is 13.2. The minimum absolute atomic E-state index is 0.0982. The van der Waals surface area contributed by atoms with E-state index in [1.54, 1.807) is 36.4 Å². The van der Waals surface area contributed by atoms with Crippen LogP contribution in [0.3, 0.4) is 0 Å². The fraction of sp³-hybridized carbons (Fsp3) is 0.0800. The molecule has 0 fully saturated rings. The van der Waals surface area contributed by atoms with E-state index in [1.165, 1.54) is 38.3 Å². The first-order valence-electron chi connectivity index (χ1n) is 10.6. The van der Waals surface area contributed by atoms with Gasteiger partial charge >= 0.3 is 0 Å². The molecule has 0 heterocycles. The van der Waals surface area contributed by atoms with Gasteiger partial charge in [0.05, 0.1) is 23.4 Å². The number of amides is 1. The zero-order valence-corrected chi connectivity index (χ0v) is 21.7. The minimum Gasteiger partial charge on any atom is -0.505 e. The number of phenols is 1. The van der Waals surface area contributed by atoms with Crippen LogP contribution >= 0.6 is 23.2 Å². The maximum absolute atomic E-state index is 13.2. The summed E-state index contributed by atoms with van der Waals surface area (Å²) in [6.45, 7) is 1.44. The van der Waals surface area contributed by atoms with Gasteiger partial charge in [0.25, 0.3) is 16.0 Å². The lowest BCUT2D eigenvalue weighted by Gasteiger charge is -2.13. The molecule has 37 heavy (non-hydrogen) atoms. The van der Waals surface area contributed by atoms with Gasteiger partial charge in [0.15, 0.2) is 5.75 Å². The van der Waals surface area contributed by atoms with E-state index in [0.717, 1.165) is 0 Å². The Hall–Kier alpha value is -3.70. The second kappa shape index (κ2) is 10.3. The molecule has 0 atom stereocenters. The third kappa shape index (κ3) is 5.52. The second-order valence-electron chi connectivity index (χ2n) is 7.89. The van der Waals surface area contributed by atoms with Gasteiger partial charge in [-0.15, -0.1) is 10.2 Å². The van der Waals surface area contributed by atoms with Crippen LogP contribution in [0.1, 0.15) is 15.9 Å². The standard InChI is InChI=1S/C25H19Cl2N3O6S/c1-13-9-15(26)11-21(24(13)37(33,34)35)29-30-22-17-6-4-3-5-14(17)10-18(23(22)31)25(32)28-20-12-16(36-2)7-8-19(20)27/h3-12,31H,1-2H3,(H,28,32)(H,33,34,35). The van der Waals surface area contributed by atoms with Crippen LogP contribution in [0.5, 0.6) is 11.5 Å². The van der Waals surface area contributed by atoms with Gasteiger partial charge in [-0.3, -0.25) is 9.35 Å². The zero-order valence-electron chi connectivity index (χ0n) is 19.4. The molecule has 3 N–H and O–H groups in total. The van der Waals surface area contributed by atoms with Crippen molar-refractivity contribution in [2.45, 2.75) is 11.8 Å². The molecule has 0 saturated heterocycles. The molecule has 0 aliphatic rings. The number of nitrogens with one attached hydrogen (secondary N) is 1. The van der Waals surface area contributed by atoms with Crippen LogP contribution in [0, 0.1) is 6.92 Å². The number of aryl methyl sites for hydroxylation is 1. The molecule has 12 heteroatoms. The van der Waals surface area contributed by atoms with Crippen molar-refractivity contribution < 1.29 is 27.6 Å². The molecule has 0 spiro atoms. The van der Waals surface area contributed by atoms with Crippen molar-refractivity contribution >= 4 is 67.1 Å². The first-order chi connectivity index (χ1) is 17.5. The summed E-state index contributed by atoms with van der Waals surface area (Å²) in [5.74, 6) is -0.735. The van der Waals surface area contributed by atoms with Crippen LogP contribution in [-0.2, 0) is 10.1 Å². The van der Waals surface area contributed by atoms with Gasteiger partial charge in [0, 0.05) is 16.5 Å². The number of halogens is 2. The number of ether oxygens (including phenoxy) is 1. The van der Waals surface area contributed by atoms with Gasteiger partial charge < -0.3 is 15.2 Å². The fourth-order valence-electron chi connectivity index (χ4n) is 3.73. The molecule has 190 valence electrons. The highest BCUT2D eigenvalue weighted by molar-refractivity contribution is 7.86. The van der Waals surface area contributed by atoms with Gasteiger partial charge in [-0.05, 0) is 48.2 Å². The van der Waals surface area contributed by atoms with Gasteiger partial charge in [-0.1, -0.05) is 47.5 Å². The first kappa shape index (κ1) is 26.4. The Morgan fingerprint density at radius 3 is 2.46 bits per heavy atom. The Labute approximate surface area is 222 Å². The van der Waals surface area contributed by atoms with E-state index < -0.39 is 26.7 Å². The highest BCUT2D eigenvalue weighted by atomic mass is 35.5. The summed E-state index contributed by atoms with van der Waals surface area (Å²) < 4.78 is 38.8. The number of fused-ring (bicyclic) bond motifs is 1. The molecule has 0 aliphatic carbocycles. The topological polar surface area (TPSA) is 138 Å². The number of hydrogen-bond donors (Lipinski definition) is 3. The largest absolute Gasteiger partial charge is 0.505 e. The second-order valence-corrected chi connectivity index (χ2v) is 10.1. The number of methoxy groups -OCH3 is 1. The predicted octanol–water partition coefficient (Wildman–Crippen LogP) is 7.08. The average molecular weight is 560 g/mol. The highest BCUT2D eigenvalue weighted by Crippen LogP contribution is 2.41. The van der Waals surface area contributed by atoms with Crippen LogP contribution in [0.2, 0.25) is 10.0 Å². The van der Waals surface area contributed by atoms with E-state index in [1.807, 2.05) is 0 Å². The molecular formula is C25H19Cl2N3O6S. The predicted molar refractivity (Wildman–Crippen MR) is 142 cm³/mol. The Balaban J connectivity index is 1.85. The SMILES string of the molecule is COc1ccc(Cl)c(NC(=O)c2cc3ccccc3c(N=Nc3cc(Cl)cc(C)c3S(=O)(=O)O)c2O)c1. The molecular weight excluding hydrogens is 541 g/mol. The van der Waals surface area contributed by atoms with E-state index in [-0.39, 0.29) is 38.2 Å². The van der Waals surface area contributed by atoms with E-state index >= 15 is 0 Å². The summed E-state index contributed by atoms with van der Waals surface area (Å²) in [5.41, 5.74) is -0.0630. The molecule has 1 amide bonds. The Morgan fingerprint density at radius 1 is 1.03 bits per heavy atom. The first-order valence-corrected chi connectivity index (χ1v) is 12.8. The van der Waals surface area contributed by atoms with Crippen LogP contribution in [0.4, 0.5) is 17.1 Å². The van der Waals surface area contributed by atoms with E-state index in [2.05, 4.69) is 15.5 Å². The minimum atomic E-state index is -4.67. The Kier molecular flexibility index (Phi) is 7.37. The quantitative estimate of drug-likeness (QED) is 0.170. The lowest BCUT2D eigenvalue weighted by atomic mass is 10.0. The molecule has 0 bridgehead atoms. The number of benzene rings is 4. The lowest BCUT2D eigenvalue weighted by molar-refractivity contribution is 0.102. The van der Waals surface area contributed by atoms with Gasteiger partial charge in [0.1, 0.15) is 22.0 Å². The normalized spacial score (nSPS) is 11.7. The van der Waals surface area contributed by atoms with Crippen molar-refractivity contribution in [3.63, 3.8) is 0 Å². The lowest BCUT2D eigenvalue weighted by Crippen LogP contribution is -2.12. The molecule has 9 nitrogen and oxygen atoms in total. The number of aromatic hydroxyl groups is 1. The smallest absolute Gasteiger partial charge is 0.297 e. The van der Waals surface area contributed by atoms with Crippen molar-refractivity contribution in [1.82, 2.24) is 0 Å². The maximum Gasteiger partial charge on any atom is 0.297 e. The molecule has 0 radical (unpaired) electrons. The third-order valence-corrected chi connectivity index (χ3v) is 6.99. The molecule has 4 aromatic rings. The average Bonchev–Trinajstić information content (AvgIpc) is 2.83. The Morgan fingerprint density at radius 2 is 1.76 bits per heavy atom. The summed E-state index contributed by atoms with van der Waals surface area (Å²) in [4.78, 5) is 12.7. The molecule has 4 rings (SSSR count). The monoisotopic (exact) mass is 559 g/mol. The third-order valence-electron chi connectivity index (χ3n) is 5.40. The number of carbonyl (C=O) groups excluding carboxylic acids is 1. The van der Waals surface area contributed by atoms with Crippen molar-refractivity contribution in [1.29, 1.82) is 0 Å². The summed E-state index contributed by atoms with van der Waals surface area (Å²) in [5, 5.41) is 23.1. The van der Waals surface area contributed by atoms with Gasteiger partial charge in [-0.2, -0.15) is 8.42 Å². The summed E-state index contributed by atoms with van der Waals surface area (Å²) in [6.07, 6.45) is 0. The summed E-state index contributed by atoms with van der Waals surface area (Å²) in [6, 6.07) is 15.5. The van der Waals surface area contributed by atoms with Crippen molar-refractivity contribution in [2.75, 3.05) is 12.4 Å². The molecule has 0 unspecified atom stereocenters. The Bertz CT molecular complexity index is 1690. The molecule has 0 aliphatic heterocycles. The summed E-state index contributed by atoms with van der Waals surface area (Å²) >= 11 is 12.3. The molecule has 4 aromatic carbocycles. The van der Waals surface area contributed by atoms with E-state index in [4.69, 9.17) is 27.9 Å². The van der Waals surface area contributed by atoms with Crippen LogP contribution in [-0.4, -0.2) is 31.1 Å². The zero-order chi connectivity index (χ0) is 26.9. The number of hydrogen-bond acceptors (Lipinski definition) is 7. The van der Waals surface area contributed by atoms with Crippen LogP contribution in [0.25, 0.3) is 10.8 Å². The van der Waals surface area contributed by atoms with Gasteiger partial charge in [0.2, 0.25) is 0 Å². The molecule has 0 saturated carbocycles. The van der Waals surface area contributed by atoms with E-state index in [9.17, 15) is 22.9 Å². The number of anilines is 1. The van der Waals surface area contributed by atoms with Crippen molar-refractivity contribution in [3.8, 4) is 11.5 Å². The van der Waals surface area contributed by atoms with Gasteiger partial charge in [-0.25, -0.2) is 0 Å². The van der Waals surface area contributed by atoms with E-state index in [0.29, 0.717) is 16.5 Å². The van der Waals surface area contributed by atoms with Crippen LogP contribution < -0.4 is 10.1 Å². The van der Waals surface area contributed by atoms with Crippen LogP contribution in [0.15, 0.2) is 75.8 Å².